The summed E-state index contributed by atoms with van der Waals surface area (Å²) in [6, 6.07) is 7.80. The van der Waals surface area contributed by atoms with Crippen molar-refractivity contribution < 1.29 is 9.53 Å². The van der Waals surface area contributed by atoms with Crippen molar-refractivity contribution >= 4 is 11.4 Å². The van der Waals surface area contributed by atoms with Crippen LogP contribution in [0.5, 0.6) is 0 Å². The molecule has 0 aliphatic heterocycles. The molecule has 0 spiro atoms. The summed E-state index contributed by atoms with van der Waals surface area (Å²) in [5.74, 6) is 0.142. The van der Waals surface area contributed by atoms with Crippen LogP contribution in [0, 0.1) is 0 Å². The Morgan fingerprint density at radius 2 is 2.15 bits per heavy atom. The van der Waals surface area contributed by atoms with Crippen LogP contribution in [0.1, 0.15) is 11.1 Å². The van der Waals surface area contributed by atoms with Gasteiger partial charge in [-0.15, -0.1) is 0 Å². The monoisotopic (exact) mass is 174 g/mol. The van der Waals surface area contributed by atoms with Crippen LogP contribution in [0.15, 0.2) is 30.5 Å². The van der Waals surface area contributed by atoms with Gasteiger partial charge in [-0.1, -0.05) is 24.3 Å². The summed E-state index contributed by atoms with van der Waals surface area (Å²) in [6.45, 7) is 0. The fraction of sp³-hybridized carbons (Fsp3) is 0.182. The predicted octanol–water partition coefficient (Wildman–Crippen LogP) is 1.80. The lowest BCUT2D eigenvalue weighted by atomic mass is 10.1. The number of fused-ring (bicyclic) bond motifs is 1. The fourth-order valence-electron chi connectivity index (χ4n) is 1.60. The maximum absolute atomic E-state index is 11.5. The Labute approximate surface area is 76.8 Å². The van der Waals surface area contributed by atoms with Crippen molar-refractivity contribution in [2.75, 3.05) is 7.11 Å². The number of hydrogen-bond acceptors (Lipinski definition) is 2. The van der Waals surface area contributed by atoms with Crippen LogP contribution in [0.25, 0.3) is 5.57 Å². The molecule has 0 atom stereocenters. The van der Waals surface area contributed by atoms with E-state index in [1.165, 1.54) is 6.26 Å². The summed E-state index contributed by atoms with van der Waals surface area (Å²) >= 11 is 0. The lowest BCUT2D eigenvalue weighted by Crippen LogP contribution is -1.93. The lowest BCUT2D eigenvalue weighted by Gasteiger charge is -1.97. The summed E-state index contributed by atoms with van der Waals surface area (Å²) in [5.41, 5.74) is 2.79. The third-order valence-electron chi connectivity index (χ3n) is 2.19. The van der Waals surface area contributed by atoms with Crippen molar-refractivity contribution in [1.29, 1.82) is 0 Å². The Bertz CT molecular complexity index is 377. The highest BCUT2D eigenvalue weighted by Gasteiger charge is 2.23. The van der Waals surface area contributed by atoms with E-state index in [0.29, 0.717) is 12.0 Å². The van der Waals surface area contributed by atoms with Gasteiger partial charge in [0.05, 0.1) is 18.9 Å². The van der Waals surface area contributed by atoms with E-state index in [9.17, 15) is 4.79 Å². The minimum absolute atomic E-state index is 0.142. The van der Waals surface area contributed by atoms with E-state index in [4.69, 9.17) is 4.74 Å². The van der Waals surface area contributed by atoms with E-state index in [2.05, 4.69) is 0 Å². The molecule has 0 amide bonds. The molecule has 66 valence electrons. The Hall–Kier alpha value is -1.57. The molecule has 0 bridgehead atoms. The van der Waals surface area contributed by atoms with Crippen LogP contribution < -0.4 is 0 Å². The van der Waals surface area contributed by atoms with Crippen molar-refractivity contribution in [3.05, 3.63) is 41.7 Å². The molecule has 0 aromatic heterocycles. The van der Waals surface area contributed by atoms with Gasteiger partial charge < -0.3 is 4.74 Å². The Morgan fingerprint density at radius 3 is 2.92 bits per heavy atom. The predicted molar refractivity (Wildman–Crippen MR) is 50.1 cm³/mol. The Balaban J connectivity index is 2.53. The second-order valence-electron chi connectivity index (χ2n) is 3.02. The van der Waals surface area contributed by atoms with Crippen LogP contribution in [0.3, 0.4) is 0 Å². The second kappa shape index (κ2) is 3.05. The molecular formula is C11H10O2. The van der Waals surface area contributed by atoms with Gasteiger partial charge in [0.15, 0.2) is 5.78 Å². The summed E-state index contributed by atoms with van der Waals surface area (Å²) in [6.07, 6.45) is 2.03. The van der Waals surface area contributed by atoms with E-state index in [1.54, 1.807) is 7.11 Å². The maximum atomic E-state index is 11.5. The van der Waals surface area contributed by atoms with E-state index in [1.807, 2.05) is 24.3 Å². The van der Waals surface area contributed by atoms with Crippen LogP contribution >= 0.6 is 0 Å². The van der Waals surface area contributed by atoms with Gasteiger partial charge in [0.1, 0.15) is 0 Å². The Kier molecular flexibility index (Phi) is 1.89. The lowest BCUT2D eigenvalue weighted by molar-refractivity contribution is -0.112. The van der Waals surface area contributed by atoms with Crippen LogP contribution in [0.2, 0.25) is 0 Å². The topological polar surface area (TPSA) is 26.3 Å². The number of allylic oxidation sites excluding steroid dienone is 1. The molecule has 0 fully saturated rings. The maximum Gasteiger partial charge on any atom is 0.170 e. The number of Topliss-reactive ketones (excluding diaryl/α,β-unsaturated/α-hetero) is 1. The molecule has 2 heteroatoms. The molecule has 0 N–H and O–H groups in total. The number of carbonyl (C=O) groups excluding carboxylic acids is 1. The third kappa shape index (κ3) is 1.24. The summed E-state index contributed by atoms with van der Waals surface area (Å²) in [4.78, 5) is 11.5. The van der Waals surface area contributed by atoms with Gasteiger partial charge in [0, 0.05) is 6.42 Å². The van der Waals surface area contributed by atoms with Crippen LogP contribution in [-0.4, -0.2) is 12.9 Å². The number of ether oxygens (including phenoxy) is 1. The van der Waals surface area contributed by atoms with Gasteiger partial charge in [-0.2, -0.15) is 0 Å². The number of carbonyl (C=O) groups is 1. The number of ketones is 1. The van der Waals surface area contributed by atoms with Gasteiger partial charge >= 0.3 is 0 Å². The summed E-state index contributed by atoms with van der Waals surface area (Å²) < 4.78 is 4.87. The average molecular weight is 174 g/mol. The fourth-order valence-corrected chi connectivity index (χ4v) is 1.60. The highest BCUT2D eigenvalue weighted by molar-refractivity contribution is 6.25. The van der Waals surface area contributed by atoms with Crippen molar-refractivity contribution in [1.82, 2.24) is 0 Å². The van der Waals surface area contributed by atoms with E-state index in [0.717, 1.165) is 11.1 Å². The molecule has 0 saturated carbocycles. The standard InChI is InChI=1S/C11H10O2/c1-13-7-10-9-5-3-2-4-8(9)6-11(10)12/h2-5,7H,6H2,1H3. The minimum Gasteiger partial charge on any atom is -0.504 e. The molecule has 0 unspecified atom stereocenters. The highest BCUT2D eigenvalue weighted by atomic mass is 16.5. The van der Waals surface area contributed by atoms with Crippen molar-refractivity contribution in [3.63, 3.8) is 0 Å². The first kappa shape index (κ1) is 8.05. The molecule has 2 rings (SSSR count). The Morgan fingerprint density at radius 1 is 1.38 bits per heavy atom. The molecule has 13 heavy (non-hydrogen) atoms. The molecule has 2 nitrogen and oxygen atoms in total. The first-order valence-corrected chi connectivity index (χ1v) is 4.17. The molecule has 1 aromatic carbocycles. The van der Waals surface area contributed by atoms with Crippen molar-refractivity contribution in [3.8, 4) is 0 Å². The SMILES string of the molecule is COC=C1C(=O)Cc2ccccc21. The van der Waals surface area contributed by atoms with Crippen LogP contribution in [0.4, 0.5) is 0 Å². The third-order valence-corrected chi connectivity index (χ3v) is 2.19. The smallest absolute Gasteiger partial charge is 0.170 e. The highest BCUT2D eigenvalue weighted by Crippen LogP contribution is 2.28. The number of benzene rings is 1. The van der Waals surface area contributed by atoms with E-state index < -0.39 is 0 Å². The number of hydrogen-bond donors (Lipinski definition) is 0. The number of rotatable bonds is 1. The minimum atomic E-state index is 0.142. The van der Waals surface area contributed by atoms with Gasteiger partial charge in [-0.25, -0.2) is 0 Å². The molecule has 1 aliphatic rings. The first-order chi connectivity index (χ1) is 6.33. The largest absolute Gasteiger partial charge is 0.504 e. The zero-order chi connectivity index (χ0) is 9.26. The molecule has 1 aromatic rings. The van der Waals surface area contributed by atoms with E-state index >= 15 is 0 Å². The average Bonchev–Trinajstić information content (AvgIpc) is 2.44. The van der Waals surface area contributed by atoms with Gasteiger partial charge in [0.25, 0.3) is 0 Å². The molecule has 0 radical (unpaired) electrons. The zero-order valence-corrected chi connectivity index (χ0v) is 7.41. The zero-order valence-electron chi connectivity index (χ0n) is 7.41. The number of methoxy groups -OCH3 is 1. The van der Waals surface area contributed by atoms with Gasteiger partial charge in [-0.05, 0) is 11.1 Å². The van der Waals surface area contributed by atoms with Crippen molar-refractivity contribution in [2.24, 2.45) is 0 Å². The van der Waals surface area contributed by atoms with Gasteiger partial charge in [0.2, 0.25) is 0 Å². The molecule has 1 aliphatic carbocycles. The molecule has 0 saturated heterocycles. The molecular weight excluding hydrogens is 164 g/mol. The normalized spacial score (nSPS) is 17.6. The second-order valence-corrected chi connectivity index (χ2v) is 3.02. The summed E-state index contributed by atoms with van der Waals surface area (Å²) in [7, 11) is 1.56. The van der Waals surface area contributed by atoms with Gasteiger partial charge in [-0.3, -0.25) is 4.79 Å². The van der Waals surface area contributed by atoms with Crippen LogP contribution in [-0.2, 0) is 16.0 Å². The first-order valence-electron chi connectivity index (χ1n) is 4.17. The van der Waals surface area contributed by atoms with Crippen molar-refractivity contribution in [2.45, 2.75) is 6.42 Å². The summed E-state index contributed by atoms with van der Waals surface area (Å²) in [5, 5.41) is 0. The van der Waals surface area contributed by atoms with E-state index in [-0.39, 0.29) is 5.78 Å². The quantitative estimate of drug-likeness (QED) is 0.479. The molecule has 0 heterocycles.